The van der Waals surface area contributed by atoms with Crippen LogP contribution < -0.4 is 10.1 Å². The third-order valence-electron chi connectivity index (χ3n) is 3.03. The van der Waals surface area contributed by atoms with Crippen LogP contribution in [0.5, 0.6) is 5.75 Å². The summed E-state index contributed by atoms with van der Waals surface area (Å²) in [5, 5.41) is 3.85. The monoisotopic (exact) mass is 354 g/mol. The highest BCUT2D eigenvalue weighted by atomic mass is 79.9. The highest BCUT2D eigenvalue weighted by Gasteiger charge is 2.12. The zero-order valence-corrected chi connectivity index (χ0v) is 13.9. The Morgan fingerprint density at radius 2 is 2.10 bits per heavy atom. The predicted octanol–water partition coefficient (Wildman–Crippen LogP) is 4.99. The van der Waals surface area contributed by atoms with Crippen LogP contribution in [-0.2, 0) is 0 Å². The van der Waals surface area contributed by atoms with Crippen molar-refractivity contribution in [3.63, 3.8) is 0 Å². The van der Waals surface area contributed by atoms with Gasteiger partial charge in [-0.3, -0.25) is 0 Å². The van der Waals surface area contributed by atoms with Crippen LogP contribution in [0.25, 0.3) is 0 Å². The molecular weight excluding hydrogens is 340 g/mol. The number of aromatic nitrogens is 1. The van der Waals surface area contributed by atoms with Crippen LogP contribution >= 0.6 is 27.5 Å². The van der Waals surface area contributed by atoms with Crippen molar-refractivity contribution in [2.75, 3.05) is 12.4 Å². The topological polar surface area (TPSA) is 34.1 Å². The normalized spacial score (nSPS) is 12.1. The van der Waals surface area contributed by atoms with Crippen molar-refractivity contribution in [2.24, 2.45) is 0 Å². The molecule has 1 atom stereocenters. The van der Waals surface area contributed by atoms with E-state index in [9.17, 15) is 0 Å². The number of hydrogen-bond donors (Lipinski definition) is 1. The molecule has 0 radical (unpaired) electrons. The summed E-state index contributed by atoms with van der Waals surface area (Å²) in [4.78, 5) is 4.11. The third kappa shape index (κ3) is 3.44. The number of ether oxygens (including phenoxy) is 1. The second-order valence-corrected chi connectivity index (χ2v) is 5.82. The van der Waals surface area contributed by atoms with E-state index >= 15 is 0 Å². The van der Waals surface area contributed by atoms with Gasteiger partial charge in [0.1, 0.15) is 10.9 Å². The zero-order chi connectivity index (χ0) is 14.7. The Hall–Kier alpha value is -1.26. The van der Waals surface area contributed by atoms with Gasteiger partial charge in [0, 0.05) is 5.56 Å². The fraction of sp³-hybridized carbons (Fsp3) is 0.267. The molecule has 5 heteroatoms. The number of hydrogen-bond acceptors (Lipinski definition) is 3. The largest absolute Gasteiger partial charge is 0.496 e. The molecule has 0 fully saturated rings. The van der Waals surface area contributed by atoms with Crippen molar-refractivity contribution in [3.05, 3.63) is 51.2 Å². The van der Waals surface area contributed by atoms with Crippen molar-refractivity contribution < 1.29 is 4.74 Å². The molecule has 0 saturated carbocycles. The van der Waals surface area contributed by atoms with Gasteiger partial charge in [0.25, 0.3) is 0 Å². The molecule has 1 aromatic carbocycles. The standard InChI is InChI=1S/C15H16BrClN2O/c1-9-4-5-14(20-3)12(6-9)10(2)19-11-7-13(16)15(17)18-8-11/h4-8,10,19H,1-3H3. The molecule has 0 aliphatic heterocycles. The van der Waals surface area contributed by atoms with Crippen molar-refractivity contribution in [2.45, 2.75) is 19.9 Å². The predicted molar refractivity (Wildman–Crippen MR) is 86.7 cm³/mol. The Balaban J connectivity index is 2.25. The summed E-state index contributed by atoms with van der Waals surface area (Å²) >= 11 is 9.27. The number of halogens is 2. The first kappa shape index (κ1) is 15.1. The molecule has 0 amide bonds. The second kappa shape index (κ2) is 6.46. The van der Waals surface area contributed by atoms with Crippen LogP contribution in [0.3, 0.4) is 0 Å². The second-order valence-electron chi connectivity index (χ2n) is 4.61. The van der Waals surface area contributed by atoms with E-state index in [1.165, 1.54) is 5.56 Å². The number of nitrogens with one attached hydrogen (secondary N) is 1. The highest BCUT2D eigenvalue weighted by molar-refractivity contribution is 9.10. The van der Waals surface area contributed by atoms with E-state index in [-0.39, 0.29) is 6.04 Å². The maximum atomic E-state index is 5.90. The van der Waals surface area contributed by atoms with E-state index in [4.69, 9.17) is 16.3 Å². The van der Waals surface area contributed by atoms with Gasteiger partial charge in [-0.1, -0.05) is 29.3 Å². The van der Waals surface area contributed by atoms with E-state index in [1.807, 2.05) is 18.2 Å². The highest BCUT2D eigenvalue weighted by Crippen LogP contribution is 2.30. The van der Waals surface area contributed by atoms with Gasteiger partial charge >= 0.3 is 0 Å². The molecule has 1 heterocycles. The number of anilines is 1. The number of nitrogens with zero attached hydrogens (tertiary/aromatic N) is 1. The fourth-order valence-corrected chi connectivity index (χ4v) is 2.47. The van der Waals surface area contributed by atoms with Crippen LogP contribution in [-0.4, -0.2) is 12.1 Å². The number of benzene rings is 1. The van der Waals surface area contributed by atoms with Crippen molar-refractivity contribution >= 4 is 33.2 Å². The summed E-state index contributed by atoms with van der Waals surface area (Å²) in [5.41, 5.74) is 3.21. The Morgan fingerprint density at radius 1 is 1.35 bits per heavy atom. The Kier molecular flexibility index (Phi) is 4.89. The maximum Gasteiger partial charge on any atom is 0.143 e. The van der Waals surface area contributed by atoms with E-state index in [2.05, 4.69) is 46.1 Å². The summed E-state index contributed by atoms with van der Waals surface area (Å²) in [5.74, 6) is 0.872. The van der Waals surface area contributed by atoms with Gasteiger partial charge in [-0.2, -0.15) is 0 Å². The lowest BCUT2D eigenvalue weighted by Crippen LogP contribution is -2.08. The Labute approximate surface area is 132 Å². The molecule has 1 unspecified atom stereocenters. The molecule has 3 nitrogen and oxygen atoms in total. The minimum atomic E-state index is 0.0970. The molecule has 1 N–H and O–H groups in total. The van der Waals surface area contributed by atoms with Crippen LogP contribution in [0.4, 0.5) is 5.69 Å². The summed E-state index contributed by atoms with van der Waals surface area (Å²) in [6.45, 7) is 4.15. The Bertz CT molecular complexity index is 619. The lowest BCUT2D eigenvalue weighted by molar-refractivity contribution is 0.408. The van der Waals surface area contributed by atoms with E-state index < -0.39 is 0 Å². The van der Waals surface area contributed by atoms with Crippen LogP contribution in [0, 0.1) is 6.92 Å². The van der Waals surface area contributed by atoms with E-state index in [0.717, 1.165) is 21.5 Å². The van der Waals surface area contributed by atoms with Crippen LogP contribution in [0.1, 0.15) is 24.1 Å². The average Bonchev–Trinajstić information content (AvgIpc) is 2.43. The summed E-state index contributed by atoms with van der Waals surface area (Å²) in [6, 6.07) is 8.15. The molecule has 2 rings (SSSR count). The summed E-state index contributed by atoms with van der Waals surface area (Å²) in [7, 11) is 1.68. The number of methoxy groups -OCH3 is 1. The molecule has 0 saturated heterocycles. The van der Waals surface area contributed by atoms with Gasteiger partial charge in [0.05, 0.1) is 29.5 Å². The summed E-state index contributed by atoms with van der Waals surface area (Å²) < 4.78 is 6.19. The van der Waals surface area contributed by atoms with Crippen molar-refractivity contribution in [1.82, 2.24) is 4.98 Å². The smallest absolute Gasteiger partial charge is 0.143 e. The first-order chi connectivity index (χ1) is 9.51. The SMILES string of the molecule is COc1ccc(C)cc1C(C)Nc1cnc(Cl)c(Br)c1. The molecule has 20 heavy (non-hydrogen) atoms. The van der Waals surface area contributed by atoms with Crippen molar-refractivity contribution in [3.8, 4) is 5.75 Å². The van der Waals surface area contributed by atoms with Gasteiger partial charge in [0.15, 0.2) is 0 Å². The molecule has 0 aliphatic carbocycles. The maximum absolute atomic E-state index is 5.90. The first-order valence-electron chi connectivity index (χ1n) is 6.23. The Morgan fingerprint density at radius 3 is 2.75 bits per heavy atom. The van der Waals surface area contributed by atoms with Crippen LogP contribution in [0.15, 0.2) is 34.9 Å². The van der Waals surface area contributed by atoms with E-state index in [1.54, 1.807) is 13.3 Å². The summed E-state index contributed by atoms with van der Waals surface area (Å²) in [6.07, 6.45) is 1.71. The average molecular weight is 356 g/mol. The third-order valence-corrected chi connectivity index (χ3v) is 4.17. The minimum Gasteiger partial charge on any atom is -0.496 e. The zero-order valence-electron chi connectivity index (χ0n) is 11.6. The fourth-order valence-electron chi connectivity index (χ4n) is 2.02. The number of aryl methyl sites for hydroxylation is 1. The minimum absolute atomic E-state index is 0.0970. The molecular formula is C15H16BrClN2O. The van der Waals surface area contributed by atoms with E-state index in [0.29, 0.717) is 5.15 Å². The molecule has 0 bridgehead atoms. The van der Waals surface area contributed by atoms with Gasteiger partial charge in [0.2, 0.25) is 0 Å². The lowest BCUT2D eigenvalue weighted by Gasteiger charge is -2.19. The molecule has 0 aliphatic rings. The molecule has 106 valence electrons. The molecule has 1 aromatic heterocycles. The number of pyridine rings is 1. The number of rotatable bonds is 4. The van der Waals surface area contributed by atoms with Gasteiger partial charge in [-0.05, 0) is 41.9 Å². The van der Waals surface area contributed by atoms with Gasteiger partial charge in [-0.25, -0.2) is 4.98 Å². The lowest BCUT2D eigenvalue weighted by atomic mass is 10.0. The molecule has 2 aromatic rings. The first-order valence-corrected chi connectivity index (χ1v) is 7.40. The van der Waals surface area contributed by atoms with Crippen LogP contribution in [0.2, 0.25) is 5.15 Å². The quantitative estimate of drug-likeness (QED) is 0.785. The molecule has 0 spiro atoms. The van der Waals surface area contributed by atoms with Gasteiger partial charge in [-0.15, -0.1) is 0 Å². The van der Waals surface area contributed by atoms with Gasteiger partial charge < -0.3 is 10.1 Å². The van der Waals surface area contributed by atoms with Crippen molar-refractivity contribution in [1.29, 1.82) is 0 Å².